The van der Waals surface area contributed by atoms with Crippen LogP contribution in [0.4, 0.5) is 5.69 Å². The molecule has 1 amide bonds. The van der Waals surface area contributed by atoms with Crippen molar-refractivity contribution in [1.82, 2.24) is 10.2 Å². The van der Waals surface area contributed by atoms with Crippen LogP contribution in [0.25, 0.3) is 21.5 Å². The molecule has 0 saturated carbocycles. The van der Waals surface area contributed by atoms with E-state index in [9.17, 15) is 4.79 Å². The number of carbonyl (C=O) groups excluding carboxylic acids is 1. The van der Waals surface area contributed by atoms with Crippen LogP contribution >= 0.6 is 0 Å². The van der Waals surface area contributed by atoms with Crippen molar-refractivity contribution in [2.24, 2.45) is 0 Å². The minimum Gasteiger partial charge on any atom is -0.311 e. The molecule has 0 aliphatic heterocycles. The lowest BCUT2D eigenvalue weighted by Gasteiger charge is -2.18. The number of hydrogen-bond acceptors (Lipinski definition) is 3. The Kier molecular flexibility index (Phi) is 3.43. The van der Waals surface area contributed by atoms with Gasteiger partial charge in [0.1, 0.15) is 0 Å². The molecule has 1 aromatic heterocycles. The van der Waals surface area contributed by atoms with Gasteiger partial charge in [-0.1, -0.05) is 36.4 Å². The fourth-order valence-electron chi connectivity index (χ4n) is 2.82. The summed E-state index contributed by atoms with van der Waals surface area (Å²) < 4.78 is 0. The van der Waals surface area contributed by atoms with Crippen LogP contribution < -0.4 is 4.90 Å². The highest BCUT2D eigenvalue weighted by atomic mass is 16.2. The van der Waals surface area contributed by atoms with Crippen LogP contribution in [0.3, 0.4) is 0 Å². The maximum atomic E-state index is 12.8. The van der Waals surface area contributed by atoms with Gasteiger partial charge >= 0.3 is 0 Å². The fourth-order valence-corrected chi connectivity index (χ4v) is 2.82. The van der Waals surface area contributed by atoms with Gasteiger partial charge < -0.3 is 4.90 Å². The molecule has 1 heterocycles. The third-order valence-corrected chi connectivity index (χ3v) is 4.22. The summed E-state index contributed by atoms with van der Waals surface area (Å²) in [5.74, 6) is -0.0519. The first-order valence-electron chi connectivity index (χ1n) is 7.70. The predicted molar refractivity (Wildman–Crippen MR) is 96.2 cm³/mol. The van der Waals surface area contributed by atoms with Gasteiger partial charge in [0.2, 0.25) is 0 Å². The molecule has 0 radical (unpaired) electrons. The summed E-state index contributed by atoms with van der Waals surface area (Å²) in [6.45, 7) is 0. The van der Waals surface area contributed by atoms with Crippen LogP contribution in [0.5, 0.6) is 0 Å². The van der Waals surface area contributed by atoms with Gasteiger partial charge in [0, 0.05) is 29.1 Å². The number of rotatable bonds is 2. The molecule has 0 N–H and O–H groups in total. The zero-order valence-corrected chi connectivity index (χ0v) is 13.2. The predicted octanol–water partition coefficient (Wildman–Crippen LogP) is 4.06. The number of aromatic nitrogens is 2. The molecular formula is C20H15N3O. The molecular weight excluding hydrogens is 298 g/mol. The normalized spacial score (nSPS) is 10.9. The Labute approximate surface area is 139 Å². The summed E-state index contributed by atoms with van der Waals surface area (Å²) in [4.78, 5) is 14.5. The van der Waals surface area contributed by atoms with E-state index in [0.717, 1.165) is 27.2 Å². The van der Waals surface area contributed by atoms with E-state index < -0.39 is 0 Å². The van der Waals surface area contributed by atoms with Crippen molar-refractivity contribution in [3.8, 4) is 0 Å². The van der Waals surface area contributed by atoms with E-state index >= 15 is 0 Å². The highest BCUT2D eigenvalue weighted by Crippen LogP contribution is 2.23. The average molecular weight is 313 g/mol. The lowest BCUT2D eigenvalue weighted by atomic mass is 10.1. The third-order valence-electron chi connectivity index (χ3n) is 4.22. The van der Waals surface area contributed by atoms with Crippen LogP contribution in [0.15, 0.2) is 73.1 Å². The van der Waals surface area contributed by atoms with Gasteiger partial charge in [-0.2, -0.15) is 10.2 Å². The molecule has 0 bridgehead atoms. The molecule has 0 fully saturated rings. The molecule has 0 atom stereocenters. The first-order valence-corrected chi connectivity index (χ1v) is 7.70. The van der Waals surface area contributed by atoms with Crippen molar-refractivity contribution in [3.05, 3.63) is 78.6 Å². The summed E-state index contributed by atoms with van der Waals surface area (Å²) in [5, 5.41) is 11.9. The summed E-state index contributed by atoms with van der Waals surface area (Å²) in [6, 6.07) is 19.7. The molecule has 4 nitrogen and oxygen atoms in total. The summed E-state index contributed by atoms with van der Waals surface area (Å²) in [7, 11) is 1.79. The monoisotopic (exact) mass is 313 g/mol. The molecule has 3 aromatic carbocycles. The number of amides is 1. The minimum atomic E-state index is -0.0519. The number of carbonyl (C=O) groups is 1. The molecule has 4 aromatic rings. The third kappa shape index (κ3) is 2.48. The topological polar surface area (TPSA) is 46.1 Å². The van der Waals surface area contributed by atoms with Crippen molar-refractivity contribution >= 4 is 33.1 Å². The van der Waals surface area contributed by atoms with Crippen LogP contribution in [-0.4, -0.2) is 23.2 Å². The molecule has 0 saturated heterocycles. The van der Waals surface area contributed by atoms with Crippen molar-refractivity contribution in [2.45, 2.75) is 0 Å². The lowest BCUT2D eigenvalue weighted by molar-refractivity contribution is 0.0993. The second-order valence-electron chi connectivity index (χ2n) is 5.73. The Morgan fingerprint density at radius 2 is 1.50 bits per heavy atom. The molecule has 0 aliphatic rings. The molecule has 4 heteroatoms. The zero-order valence-electron chi connectivity index (χ0n) is 13.2. The van der Waals surface area contributed by atoms with E-state index in [2.05, 4.69) is 16.3 Å². The second-order valence-corrected chi connectivity index (χ2v) is 5.73. The molecule has 116 valence electrons. The van der Waals surface area contributed by atoms with Gasteiger partial charge in [0.05, 0.1) is 12.4 Å². The van der Waals surface area contributed by atoms with E-state index in [1.807, 2.05) is 54.6 Å². The highest BCUT2D eigenvalue weighted by Gasteiger charge is 2.14. The van der Waals surface area contributed by atoms with E-state index in [4.69, 9.17) is 0 Å². The largest absolute Gasteiger partial charge is 0.311 e. The Morgan fingerprint density at radius 3 is 2.33 bits per heavy atom. The van der Waals surface area contributed by atoms with Gasteiger partial charge in [-0.3, -0.25) is 4.79 Å². The van der Waals surface area contributed by atoms with Crippen LogP contribution in [0.1, 0.15) is 10.4 Å². The summed E-state index contributed by atoms with van der Waals surface area (Å²) in [5.41, 5.74) is 1.50. The first-order chi connectivity index (χ1) is 11.7. The van der Waals surface area contributed by atoms with E-state index in [1.165, 1.54) is 0 Å². The fraction of sp³-hybridized carbons (Fsp3) is 0.0500. The zero-order chi connectivity index (χ0) is 16.5. The molecule has 4 rings (SSSR count). The summed E-state index contributed by atoms with van der Waals surface area (Å²) >= 11 is 0. The Morgan fingerprint density at radius 1 is 0.792 bits per heavy atom. The maximum Gasteiger partial charge on any atom is 0.258 e. The number of nitrogens with zero attached hydrogens (tertiary/aromatic N) is 3. The maximum absolute atomic E-state index is 12.8. The number of fused-ring (bicyclic) bond motifs is 2. The Bertz CT molecular complexity index is 1060. The molecule has 0 aliphatic carbocycles. The molecule has 24 heavy (non-hydrogen) atoms. The van der Waals surface area contributed by atoms with Gasteiger partial charge in [0.15, 0.2) is 0 Å². The summed E-state index contributed by atoms with van der Waals surface area (Å²) in [6.07, 6.45) is 3.36. The molecule has 0 spiro atoms. The highest BCUT2D eigenvalue weighted by molar-refractivity contribution is 6.08. The SMILES string of the molecule is CN(C(=O)c1ccc2cnncc2c1)c1ccc2ccccc2c1. The average Bonchev–Trinajstić information content (AvgIpc) is 2.66. The van der Waals surface area contributed by atoms with Gasteiger partial charge in [0.25, 0.3) is 5.91 Å². The van der Waals surface area contributed by atoms with Gasteiger partial charge in [-0.25, -0.2) is 0 Å². The van der Waals surface area contributed by atoms with Crippen molar-refractivity contribution in [1.29, 1.82) is 0 Å². The van der Waals surface area contributed by atoms with Crippen LogP contribution in [0.2, 0.25) is 0 Å². The minimum absolute atomic E-state index is 0.0519. The standard InChI is InChI=1S/C20H15N3O/c1-23(19-9-8-14-4-2-3-5-15(14)11-19)20(24)16-6-7-17-12-21-22-13-18(17)10-16/h2-13H,1H3. The quantitative estimate of drug-likeness (QED) is 0.560. The van der Waals surface area contributed by atoms with Crippen LogP contribution in [0, 0.1) is 0 Å². The van der Waals surface area contributed by atoms with Gasteiger partial charge in [-0.15, -0.1) is 0 Å². The first kappa shape index (κ1) is 14.3. The van der Waals surface area contributed by atoms with E-state index in [0.29, 0.717) is 5.56 Å². The van der Waals surface area contributed by atoms with E-state index in [1.54, 1.807) is 24.3 Å². The van der Waals surface area contributed by atoms with Crippen molar-refractivity contribution < 1.29 is 4.79 Å². The van der Waals surface area contributed by atoms with Gasteiger partial charge in [-0.05, 0) is 35.0 Å². The smallest absolute Gasteiger partial charge is 0.258 e. The lowest BCUT2D eigenvalue weighted by Crippen LogP contribution is -2.26. The molecule has 0 unspecified atom stereocenters. The van der Waals surface area contributed by atoms with Crippen molar-refractivity contribution in [3.63, 3.8) is 0 Å². The van der Waals surface area contributed by atoms with Crippen molar-refractivity contribution in [2.75, 3.05) is 11.9 Å². The Balaban J connectivity index is 1.70. The second kappa shape index (κ2) is 5.74. The van der Waals surface area contributed by atoms with E-state index in [-0.39, 0.29) is 5.91 Å². The number of benzene rings is 3. The number of hydrogen-bond donors (Lipinski definition) is 0. The Hall–Kier alpha value is -3.27. The number of anilines is 1. The van der Waals surface area contributed by atoms with Crippen LogP contribution in [-0.2, 0) is 0 Å².